The van der Waals surface area contributed by atoms with Crippen molar-refractivity contribution in [3.63, 3.8) is 0 Å². The van der Waals surface area contributed by atoms with Crippen molar-refractivity contribution in [2.75, 3.05) is 40.8 Å². The summed E-state index contributed by atoms with van der Waals surface area (Å²) in [5.41, 5.74) is 2.11. The van der Waals surface area contributed by atoms with Crippen LogP contribution in [0.25, 0.3) is 0 Å². The van der Waals surface area contributed by atoms with Gasteiger partial charge in [-0.3, -0.25) is 14.5 Å². The lowest BCUT2D eigenvalue weighted by atomic mass is 10.1. The van der Waals surface area contributed by atoms with E-state index in [1.807, 2.05) is 11.9 Å². The second kappa shape index (κ2) is 5.66. The number of hydrogen-bond donors (Lipinski definition) is 0. The fourth-order valence-electron chi connectivity index (χ4n) is 2.10. The molecule has 1 atom stereocenters. The minimum absolute atomic E-state index is 0.0262. The number of rotatable bonds is 2. The number of nitrogens with zero attached hydrogens (tertiary/aromatic N) is 4. The molecule has 104 valence electrons. The first-order valence-corrected chi connectivity index (χ1v) is 7.04. The number of aromatic nitrogens is 1. The first kappa shape index (κ1) is 14.0. The topological polar surface area (TPSA) is 56.8 Å². The van der Waals surface area contributed by atoms with E-state index in [4.69, 9.17) is 0 Å². The highest BCUT2D eigenvalue weighted by Gasteiger charge is 2.33. The van der Waals surface area contributed by atoms with Crippen molar-refractivity contribution in [1.82, 2.24) is 19.7 Å². The number of thiazole rings is 1. The average Bonchev–Trinajstić information content (AvgIpc) is 2.91. The van der Waals surface area contributed by atoms with Crippen LogP contribution in [0.15, 0.2) is 10.9 Å². The number of carbonyl (C=O) groups is 2. The minimum Gasteiger partial charge on any atom is -0.347 e. The lowest BCUT2D eigenvalue weighted by molar-refractivity contribution is -0.135. The summed E-state index contributed by atoms with van der Waals surface area (Å²) in [5.74, 6) is -0.0656. The van der Waals surface area contributed by atoms with Gasteiger partial charge in [-0.2, -0.15) is 0 Å². The maximum Gasteiger partial charge on any atom is 0.273 e. The lowest BCUT2D eigenvalue weighted by Crippen LogP contribution is -2.58. The summed E-state index contributed by atoms with van der Waals surface area (Å²) >= 11 is 1.40. The van der Waals surface area contributed by atoms with E-state index in [0.29, 0.717) is 25.3 Å². The molecule has 0 unspecified atom stereocenters. The fourth-order valence-corrected chi connectivity index (χ4v) is 2.63. The van der Waals surface area contributed by atoms with E-state index in [2.05, 4.69) is 4.98 Å². The molecule has 1 saturated heterocycles. The molecule has 1 fully saturated rings. The molecule has 2 heterocycles. The van der Waals surface area contributed by atoms with Gasteiger partial charge >= 0.3 is 0 Å². The summed E-state index contributed by atoms with van der Waals surface area (Å²) in [6.45, 7) is 1.74. The van der Waals surface area contributed by atoms with Crippen LogP contribution < -0.4 is 0 Å². The Morgan fingerprint density at radius 1 is 1.42 bits per heavy atom. The standard InChI is InChI=1S/C12H18N4O2S/c1-14(2)12(18)10-6-16(5-4-15(10)3)11(17)9-7-19-8-13-9/h7-8,10H,4-6H2,1-3H3/t10-/m0/s1. The highest BCUT2D eigenvalue weighted by molar-refractivity contribution is 7.07. The highest BCUT2D eigenvalue weighted by Crippen LogP contribution is 2.13. The van der Waals surface area contributed by atoms with Crippen LogP contribution in [0.3, 0.4) is 0 Å². The molecule has 1 aromatic rings. The van der Waals surface area contributed by atoms with Crippen LogP contribution in [0.5, 0.6) is 0 Å². The third kappa shape index (κ3) is 2.93. The Kier molecular flexibility index (Phi) is 4.16. The van der Waals surface area contributed by atoms with Gasteiger partial charge in [0.15, 0.2) is 0 Å². The van der Waals surface area contributed by atoms with E-state index >= 15 is 0 Å². The zero-order chi connectivity index (χ0) is 14.0. The second-order valence-corrected chi connectivity index (χ2v) is 5.57. The van der Waals surface area contributed by atoms with E-state index in [1.165, 1.54) is 11.3 Å². The van der Waals surface area contributed by atoms with Crippen LogP contribution in [0.1, 0.15) is 10.5 Å². The second-order valence-electron chi connectivity index (χ2n) is 4.85. The van der Waals surface area contributed by atoms with E-state index in [1.54, 1.807) is 34.8 Å². The van der Waals surface area contributed by atoms with Gasteiger partial charge < -0.3 is 9.80 Å². The van der Waals surface area contributed by atoms with Gasteiger partial charge in [-0.15, -0.1) is 11.3 Å². The Morgan fingerprint density at radius 2 is 2.16 bits per heavy atom. The van der Waals surface area contributed by atoms with Gasteiger partial charge in [-0.1, -0.05) is 0 Å². The predicted molar refractivity (Wildman–Crippen MR) is 73.1 cm³/mol. The zero-order valence-corrected chi connectivity index (χ0v) is 12.2. The number of likely N-dealkylation sites (N-methyl/N-ethyl adjacent to an activating group) is 2. The van der Waals surface area contributed by atoms with Crippen molar-refractivity contribution in [3.8, 4) is 0 Å². The normalized spacial score (nSPS) is 20.4. The zero-order valence-electron chi connectivity index (χ0n) is 11.4. The van der Waals surface area contributed by atoms with E-state index in [0.717, 1.165) is 0 Å². The van der Waals surface area contributed by atoms with Crippen molar-refractivity contribution in [2.45, 2.75) is 6.04 Å². The monoisotopic (exact) mass is 282 g/mol. The van der Waals surface area contributed by atoms with Crippen molar-refractivity contribution < 1.29 is 9.59 Å². The van der Waals surface area contributed by atoms with Crippen molar-refractivity contribution in [3.05, 3.63) is 16.6 Å². The molecule has 19 heavy (non-hydrogen) atoms. The number of amides is 2. The summed E-state index contributed by atoms with van der Waals surface area (Å²) in [6, 6.07) is -0.272. The summed E-state index contributed by atoms with van der Waals surface area (Å²) in [5, 5.41) is 1.74. The molecule has 0 bridgehead atoms. The first-order valence-electron chi connectivity index (χ1n) is 6.09. The summed E-state index contributed by atoms with van der Waals surface area (Å²) in [4.78, 5) is 33.6. The van der Waals surface area contributed by atoms with Crippen molar-refractivity contribution >= 4 is 23.2 Å². The van der Waals surface area contributed by atoms with E-state index < -0.39 is 0 Å². The Labute approximate surface area is 116 Å². The molecular formula is C12H18N4O2S. The maximum absolute atomic E-state index is 12.2. The number of hydrogen-bond acceptors (Lipinski definition) is 5. The van der Waals surface area contributed by atoms with E-state index in [9.17, 15) is 9.59 Å². The molecule has 0 radical (unpaired) electrons. The summed E-state index contributed by atoms with van der Waals surface area (Å²) in [7, 11) is 5.38. The quantitative estimate of drug-likeness (QED) is 0.765. The molecule has 1 aliphatic heterocycles. The molecule has 0 aliphatic carbocycles. The van der Waals surface area contributed by atoms with Crippen LogP contribution in [-0.2, 0) is 4.79 Å². The molecular weight excluding hydrogens is 264 g/mol. The SMILES string of the molecule is CN(C)C(=O)[C@@H]1CN(C(=O)c2cscn2)CCN1C. The largest absolute Gasteiger partial charge is 0.347 e. The average molecular weight is 282 g/mol. The van der Waals surface area contributed by atoms with E-state index in [-0.39, 0.29) is 17.9 Å². The summed E-state index contributed by atoms with van der Waals surface area (Å²) in [6.07, 6.45) is 0. The molecule has 0 spiro atoms. The first-order chi connectivity index (χ1) is 9.00. The molecule has 0 N–H and O–H groups in total. The minimum atomic E-state index is -0.272. The van der Waals surface area contributed by atoms with Gasteiger partial charge in [0.05, 0.1) is 5.51 Å². The Bertz CT molecular complexity index is 460. The molecule has 2 amide bonds. The molecule has 1 aliphatic rings. The third-order valence-electron chi connectivity index (χ3n) is 3.31. The highest BCUT2D eigenvalue weighted by atomic mass is 32.1. The van der Waals surface area contributed by atoms with Crippen LogP contribution in [0, 0.1) is 0 Å². The van der Waals surface area contributed by atoms with Gasteiger partial charge in [-0.25, -0.2) is 4.98 Å². The van der Waals surface area contributed by atoms with Gasteiger partial charge in [0, 0.05) is 39.1 Å². The molecule has 6 nitrogen and oxygen atoms in total. The molecule has 0 saturated carbocycles. The van der Waals surface area contributed by atoms with Gasteiger partial charge in [-0.05, 0) is 7.05 Å². The predicted octanol–water partition coefficient (Wildman–Crippen LogP) is -0.0125. The number of piperazine rings is 1. The van der Waals surface area contributed by atoms with Gasteiger partial charge in [0.25, 0.3) is 5.91 Å². The van der Waals surface area contributed by atoms with Crippen LogP contribution in [0.2, 0.25) is 0 Å². The van der Waals surface area contributed by atoms with Gasteiger partial charge in [0.1, 0.15) is 11.7 Å². The lowest BCUT2D eigenvalue weighted by Gasteiger charge is -2.39. The van der Waals surface area contributed by atoms with Crippen LogP contribution in [0.4, 0.5) is 0 Å². The maximum atomic E-state index is 12.2. The molecule has 0 aromatic carbocycles. The molecule has 1 aromatic heterocycles. The fraction of sp³-hybridized carbons (Fsp3) is 0.583. The Hall–Kier alpha value is -1.47. The van der Waals surface area contributed by atoms with Crippen LogP contribution >= 0.6 is 11.3 Å². The van der Waals surface area contributed by atoms with Crippen LogP contribution in [-0.4, -0.2) is 78.3 Å². The number of carbonyl (C=O) groups excluding carboxylic acids is 2. The smallest absolute Gasteiger partial charge is 0.273 e. The van der Waals surface area contributed by atoms with Crippen molar-refractivity contribution in [1.29, 1.82) is 0 Å². The van der Waals surface area contributed by atoms with Gasteiger partial charge in [0.2, 0.25) is 5.91 Å². The Morgan fingerprint density at radius 3 is 2.74 bits per heavy atom. The third-order valence-corrected chi connectivity index (χ3v) is 3.90. The molecule has 7 heteroatoms. The summed E-state index contributed by atoms with van der Waals surface area (Å²) < 4.78 is 0. The molecule has 2 rings (SSSR count). The van der Waals surface area contributed by atoms with Crippen molar-refractivity contribution in [2.24, 2.45) is 0 Å². The Balaban J connectivity index is 2.09.